The Hall–Kier alpha value is -2.53. The number of methoxy groups -OCH3 is 2. The minimum Gasteiger partial charge on any atom is -0.507 e. The molecule has 5 heteroatoms. The summed E-state index contributed by atoms with van der Waals surface area (Å²) in [5.41, 5.74) is 1.85. The van der Waals surface area contributed by atoms with E-state index >= 15 is 0 Å². The SMILES string of the molecule is COc1ccc([C@H](CN=Cc2cc(OC)ccc2O)[NH+](C)C)cc1. The number of nitrogens with one attached hydrogen (secondary N) is 1. The molecule has 0 amide bonds. The third kappa shape index (κ3) is 4.49. The van der Waals surface area contributed by atoms with Crippen molar-refractivity contribution in [1.29, 1.82) is 0 Å². The maximum absolute atomic E-state index is 9.91. The summed E-state index contributed by atoms with van der Waals surface area (Å²) < 4.78 is 10.4. The molecule has 0 saturated carbocycles. The van der Waals surface area contributed by atoms with Crippen molar-refractivity contribution in [1.82, 2.24) is 0 Å². The summed E-state index contributed by atoms with van der Waals surface area (Å²) >= 11 is 0. The Kier molecular flexibility index (Phi) is 6.21. The van der Waals surface area contributed by atoms with Crippen molar-refractivity contribution in [2.24, 2.45) is 4.99 Å². The van der Waals surface area contributed by atoms with Crippen LogP contribution < -0.4 is 14.4 Å². The van der Waals surface area contributed by atoms with Gasteiger partial charge in [0.05, 0.1) is 34.9 Å². The monoisotopic (exact) mass is 329 g/mol. The first-order valence-electron chi connectivity index (χ1n) is 7.86. The second-order valence-electron chi connectivity index (χ2n) is 5.82. The summed E-state index contributed by atoms with van der Waals surface area (Å²) in [6, 6.07) is 13.4. The predicted molar refractivity (Wildman–Crippen MR) is 95.7 cm³/mol. The van der Waals surface area contributed by atoms with Crippen LogP contribution in [0.2, 0.25) is 0 Å². The lowest BCUT2D eigenvalue weighted by Crippen LogP contribution is -3.06. The highest BCUT2D eigenvalue weighted by Gasteiger charge is 2.17. The van der Waals surface area contributed by atoms with Crippen LogP contribution in [0.1, 0.15) is 17.2 Å². The van der Waals surface area contributed by atoms with Crippen LogP contribution in [0.3, 0.4) is 0 Å². The van der Waals surface area contributed by atoms with Gasteiger partial charge in [-0.3, -0.25) is 4.99 Å². The van der Waals surface area contributed by atoms with Gasteiger partial charge in [-0.2, -0.15) is 0 Å². The largest absolute Gasteiger partial charge is 0.507 e. The van der Waals surface area contributed by atoms with E-state index in [-0.39, 0.29) is 11.8 Å². The van der Waals surface area contributed by atoms with Crippen LogP contribution >= 0.6 is 0 Å². The molecule has 0 heterocycles. The second kappa shape index (κ2) is 8.36. The molecule has 0 radical (unpaired) electrons. The number of hydrogen-bond donors (Lipinski definition) is 2. The summed E-state index contributed by atoms with van der Waals surface area (Å²) in [6.07, 6.45) is 1.69. The van der Waals surface area contributed by atoms with Crippen LogP contribution in [0.5, 0.6) is 17.2 Å². The van der Waals surface area contributed by atoms with E-state index in [9.17, 15) is 5.11 Å². The standard InChI is InChI=1S/C19H24N2O3/c1-21(2)18(14-5-7-16(23-3)8-6-14)13-20-12-15-11-17(24-4)9-10-19(15)22/h5-12,18,22H,13H2,1-4H3/p+1/t18-/m0/s1. The molecule has 24 heavy (non-hydrogen) atoms. The van der Waals surface area contributed by atoms with Crippen LogP contribution in [0.4, 0.5) is 0 Å². The average molecular weight is 329 g/mol. The molecule has 2 N–H and O–H groups in total. The van der Waals surface area contributed by atoms with E-state index in [4.69, 9.17) is 9.47 Å². The average Bonchev–Trinajstić information content (AvgIpc) is 2.60. The lowest BCUT2D eigenvalue weighted by molar-refractivity contribution is -0.890. The Bertz CT molecular complexity index is 682. The van der Waals surface area contributed by atoms with Crippen molar-refractivity contribution in [3.8, 4) is 17.2 Å². The van der Waals surface area contributed by atoms with Crippen molar-refractivity contribution in [2.75, 3.05) is 34.9 Å². The number of rotatable bonds is 7. The number of benzene rings is 2. The number of nitrogens with zero attached hydrogens (tertiary/aromatic N) is 1. The molecule has 0 aliphatic rings. The van der Waals surface area contributed by atoms with E-state index in [1.165, 1.54) is 10.5 Å². The second-order valence-corrected chi connectivity index (χ2v) is 5.82. The zero-order valence-electron chi connectivity index (χ0n) is 14.6. The molecule has 128 valence electrons. The number of likely N-dealkylation sites (N-methyl/N-ethyl adjacent to an activating group) is 1. The van der Waals surface area contributed by atoms with Crippen molar-refractivity contribution < 1.29 is 19.5 Å². The highest BCUT2D eigenvalue weighted by Crippen LogP contribution is 2.21. The van der Waals surface area contributed by atoms with Crippen molar-refractivity contribution in [3.63, 3.8) is 0 Å². The molecule has 0 spiro atoms. The minimum atomic E-state index is 0.192. The normalized spacial score (nSPS) is 12.5. The van der Waals surface area contributed by atoms with Crippen LogP contribution in [-0.2, 0) is 0 Å². The van der Waals surface area contributed by atoms with Gasteiger partial charge in [-0.1, -0.05) is 0 Å². The summed E-state index contributed by atoms with van der Waals surface area (Å²) in [5.74, 6) is 1.73. The molecular weight excluding hydrogens is 304 g/mol. The fourth-order valence-electron chi connectivity index (χ4n) is 2.48. The summed E-state index contributed by atoms with van der Waals surface area (Å²) in [5, 5.41) is 9.91. The molecule has 2 rings (SSSR count). The summed E-state index contributed by atoms with van der Waals surface area (Å²) in [6.45, 7) is 0.616. The Balaban J connectivity index is 2.13. The van der Waals surface area contributed by atoms with Gasteiger partial charge in [-0.25, -0.2) is 0 Å². The van der Waals surface area contributed by atoms with Gasteiger partial charge in [0.2, 0.25) is 0 Å². The molecule has 5 nitrogen and oxygen atoms in total. The number of hydrogen-bond acceptors (Lipinski definition) is 4. The third-order valence-corrected chi connectivity index (χ3v) is 3.97. The van der Waals surface area contributed by atoms with Gasteiger partial charge in [0.1, 0.15) is 23.3 Å². The van der Waals surface area contributed by atoms with E-state index in [1.807, 2.05) is 12.1 Å². The molecule has 0 aliphatic carbocycles. The van der Waals surface area contributed by atoms with E-state index < -0.39 is 0 Å². The van der Waals surface area contributed by atoms with Crippen molar-refractivity contribution in [3.05, 3.63) is 53.6 Å². The van der Waals surface area contributed by atoms with Gasteiger partial charge in [0, 0.05) is 17.3 Å². The first-order valence-corrected chi connectivity index (χ1v) is 7.86. The number of phenols is 1. The van der Waals surface area contributed by atoms with Gasteiger partial charge in [0.15, 0.2) is 0 Å². The quantitative estimate of drug-likeness (QED) is 0.761. The molecule has 0 bridgehead atoms. The molecule has 0 fully saturated rings. The van der Waals surface area contributed by atoms with Crippen LogP contribution in [0.15, 0.2) is 47.5 Å². The molecule has 2 aromatic carbocycles. The Labute approximate surface area is 143 Å². The van der Waals surface area contributed by atoms with Gasteiger partial charge in [-0.15, -0.1) is 0 Å². The molecule has 0 aromatic heterocycles. The minimum absolute atomic E-state index is 0.192. The van der Waals surface area contributed by atoms with Gasteiger partial charge >= 0.3 is 0 Å². The molecule has 1 atom stereocenters. The van der Waals surface area contributed by atoms with E-state index in [0.717, 1.165) is 5.75 Å². The summed E-state index contributed by atoms with van der Waals surface area (Å²) in [4.78, 5) is 5.81. The van der Waals surface area contributed by atoms with Crippen LogP contribution in [-0.4, -0.2) is 46.2 Å². The zero-order chi connectivity index (χ0) is 17.5. The lowest BCUT2D eigenvalue weighted by atomic mass is 10.1. The number of aliphatic imine (C=N–C) groups is 1. The van der Waals surface area contributed by atoms with E-state index in [1.54, 1.807) is 38.6 Å². The highest BCUT2D eigenvalue weighted by atomic mass is 16.5. The first-order chi connectivity index (χ1) is 11.5. The zero-order valence-corrected chi connectivity index (χ0v) is 14.6. The maximum atomic E-state index is 9.91. The maximum Gasteiger partial charge on any atom is 0.132 e. The third-order valence-electron chi connectivity index (χ3n) is 3.97. The number of ether oxygens (including phenoxy) is 2. The van der Waals surface area contributed by atoms with Crippen molar-refractivity contribution in [2.45, 2.75) is 6.04 Å². The van der Waals surface area contributed by atoms with E-state index in [0.29, 0.717) is 17.9 Å². The fraction of sp³-hybridized carbons (Fsp3) is 0.316. The Morgan fingerprint density at radius 3 is 2.25 bits per heavy atom. The van der Waals surface area contributed by atoms with E-state index in [2.05, 4.69) is 31.2 Å². The van der Waals surface area contributed by atoms with Gasteiger partial charge in [-0.05, 0) is 42.5 Å². The van der Waals surface area contributed by atoms with Gasteiger partial charge < -0.3 is 19.5 Å². The number of phenolic OH excluding ortho intramolecular Hbond substituents is 1. The number of quaternary nitrogens is 1. The summed E-state index contributed by atoms with van der Waals surface area (Å²) in [7, 11) is 7.47. The van der Waals surface area contributed by atoms with Gasteiger partial charge in [0.25, 0.3) is 0 Å². The highest BCUT2D eigenvalue weighted by molar-refractivity contribution is 5.84. The Morgan fingerprint density at radius 2 is 1.67 bits per heavy atom. The lowest BCUT2D eigenvalue weighted by Gasteiger charge is -2.20. The van der Waals surface area contributed by atoms with Crippen LogP contribution in [0.25, 0.3) is 0 Å². The first kappa shape index (κ1) is 17.8. The van der Waals surface area contributed by atoms with Crippen molar-refractivity contribution >= 4 is 6.21 Å². The molecule has 0 unspecified atom stereocenters. The smallest absolute Gasteiger partial charge is 0.132 e. The van der Waals surface area contributed by atoms with Crippen LogP contribution in [0, 0.1) is 0 Å². The molecule has 0 saturated heterocycles. The molecular formula is C19H25N2O3+. The Morgan fingerprint density at radius 1 is 1.04 bits per heavy atom. The number of aromatic hydroxyl groups is 1. The predicted octanol–water partition coefficient (Wildman–Crippen LogP) is 1.71. The topological polar surface area (TPSA) is 55.5 Å². The molecule has 2 aromatic rings. The molecule has 0 aliphatic heterocycles. The fourth-order valence-corrected chi connectivity index (χ4v) is 2.48.